The summed E-state index contributed by atoms with van der Waals surface area (Å²) < 4.78 is 0. The third kappa shape index (κ3) is 4.17. The second kappa shape index (κ2) is 7.75. The average molecular weight is 346 g/mol. The lowest BCUT2D eigenvalue weighted by Crippen LogP contribution is -2.30. The summed E-state index contributed by atoms with van der Waals surface area (Å²) in [7, 11) is 1.76. The van der Waals surface area contributed by atoms with Gasteiger partial charge in [-0.2, -0.15) is 0 Å². The molecular formula is C14H17Cl2N3OS. The average Bonchev–Trinajstić information content (AvgIpc) is 2.93. The highest BCUT2D eigenvalue weighted by atomic mass is 35.5. The Balaban J connectivity index is 0.00000220. The summed E-state index contributed by atoms with van der Waals surface area (Å²) in [6.07, 6.45) is 0. The maximum Gasteiger partial charge on any atom is 0.273 e. The van der Waals surface area contributed by atoms with E-state index in [0.717, 1.165) is 10.6 Å². The maximum absolute atomic E-state index is 12.4. The van der Waals surface area contributed by atoms with E-state index in [9.17, 15) is 4.79 Å². The van der Waals surface area contributed by atoms with E-state index in [1.807, 2.05) is 31.2 Å². The first-order valence-corrected chi connectivity index (χ1v) is 7.45. The SMILES string of the molecule is CC(c1cccc(Cl)c1)N(C)C(=O)c1csc(CN)n1.Cl. The molecule has 114 valence electrons. The number of amides is 1. The van der Waals surface area contributed by atoms with Crippen LogP contribution in [0.4, 0.5) is 0 Å². The molecule has 4 nitrogen and oxygen atoms in total. The Bertz CT molecular complexity index is 618. The lowest BCUT2D eigenvalue weighted by molar-refractivity contribution is 0.0737. The third-order valence-corrected chi connectivity index (χ3v) is 4.28. The first-order valence-electron chi connectivity index (χ1n) is 6.20. The first kappa shape index (κ1) is 17.9. The van der Waals surface area contributed by atoms with Crippen molar-refractivity contribution in [1.29, 1.82) is 0 Å². The van der Waals surface area contributed by atoms with Crippen LogP contribution in [-0.2, 0) is 6.54 Å². The Morgan fingerprint density at radius 3 is 2.81 bits per heavy atom. The molecule has 0 bridgehead atoms. The van der Waals surface area contributed by atoms with Crippen LogP contribution in [0.15, 0.2) is 29.6 Å². The Labute approximate surface area is 139 Å². The molecule has 0 saturated heterocycles. The largest absolute Gasteiger partial charge is 0.334 e. The van der Waals surface area contributed by atoms with Crippen molar-refractivity contribution >= 4 is 41.3 Å². The number of rotatable bonds is 4. The zero-order valence-electron chi connectivity index (χ0n) is 11.7. The minimum Gasteiger partial charge on any atom is -0.334 e. The van der Waals surface area contributed by atoms with Gasteiger partial charge in [0.05, 0.1) is 6.04 Å². The molecule has 0 aliphatic rings. The molecule has 0 radical (unpaired) electrons. The number of hydrogen-bond donors (Lipinski definition) is 1. The minimum atomic E-state index is -0.117. The number of carbonyl (C=O) groups is 1. The molecule has 21 heavy (non-hydrogen) atoms. The molecule has 0 saturated carbocycles. The summed E-state index contributed by atoms with van der Waals surface area (Å²) in [4.78, 5) is 18.2. The fourth-order valence-electron chi connectivity index (χ4n) is 1.85. The predicted molar refractivity (Wildman–Crippen MR) is 89.2 cm³/mol. The summed E-state index contributed by atoms with van der Waals surface area (Å²) in [6.45, 7) is 2.31. The van der Waals surface area contributed by atoms with Gasteiger partial charge in [0.25, 0.3) is 5.91 Å². The van der Waals surface area contributed by atoms with Crippen LogP contribution in [-0.4, -0.2) is 22.8 Å². The summed E-state index contributed by atoms with van der Waals surface area (Å²) in [5.74, 6) is -0.117. The first-order chi connectivity index (χ1) is 9.52. The van der Waals surface area contributed by atoms with Crippen LogP contribution in [0.5, 0.6) is 0 Å². The molecule has 1 aromatic heterocycles. The quantitative estimate of drug-likeness (QED) is 0.922. The van der Waals surface area contributed by atoms with Crippen molar-refractivity contribution in [1.82, 2.24) is 9.88 Å². The highest BCUT2D eigenvalue weighted by Gasteiger charge is 2.21. The number of hydrogen-bond acceptors (Lipinski definition) is 4. The van der Waals surface area contributed by atoms with Crippen molar-refractivity contribution < 1.29 is 4.79 Å². The molecule has 7 heteroatoms. The minimum absolute atomic E-state index is 0. The van der Waals surface area contributed by atoms with E-state index in [0.29, 0.717) is 17.3 Å². The zero-order chi connectivity index (χ0) is 14.7. The topological polar surface area (TPSA) is 59.2 Å². The standard InChI is InChI=1S/C14H16ClN3OS.ClH/c1-9(10-4-3-5-11(15)6-10)18(2)14(19)12-8-20-13(7-16)17-12;/h3-6,8-9H,7,16H2,1-2H3;1H. The van der Waals surface area contributed by atoms with Gasteiger partial charge in [-0.15, -0.1) is 23.7 Å². The smallest absolute Gasteiger partial charge is 0.273 e. The van der Waals surface area contributed by atoms with Gasteiger partial charge < -0.3 is 10.6 Å². The van der Waals surface area contributed by atoms with Crippen molar-refractivity contribution in [2.24, 2.45) is 5.73 Å². The number of nitrogens with two attached hydrogens (primary N) is 1. The molecule has 2 rings (SSSR count). The van der Waals surface area contributed by atoms with E-state index >= 15 is 0 Å². The van der Waals surface area contributed by atoms with Gasteiger partial charge in [0.2, 0.25) is 0 Å². The van der Waals surface area contributed by atoms with Crippen LogP contribution >= 0.6 is 35.3 Å². The van der Waals surface area contributed by atoms with E-state index in [2.05, 4.69) is 4.98 Å². The molecule has 0 fully saturated rings. The lowest BCUT2D eigenvalue weighted by Gasteiger charge is -2.24. The highest BCUT2D eigenvalue weighted by Crippen LogP contribution is 2.23. The summed E-state index contributed by atoms with van der Waals surface area (Å²) in [6, 6.07) is 7.42. The molecule has 1 aromatic carbocycles. The molecule has 1 heterocycles. The van der Waals surface area contributed by atoms with Gasteiger partial charge in [-0.25, -0.2) is 4.98 Å². The van der Waals surface area contributed by atoms with Crippen LogP contribution in [0, 0.1) is 0 Å². The molecule has 2 N–H and O–H groups in total. The lowest BCUT2D eigenvalue weighted by atomic mass is 10.1. The molecule has 0 spiro atoms. The second-order valence-corrected chi connectivity index (χ2v) is 5.86. The molecule has 2 aromatic rings. The van der Waals surface area contributed by atoms with Crippen molar-refractivity contribution in [3.63, 3.8) is 0 Å². The molecule has 1 unspecified atom stereocenters. The van der Waals surface area contributed by atoms with Gasteiger partial charge >= 0.3 is 0 Å². The maximum atomic E-state index is 12.4. The van der Waals surface area contributed by atoms with Crippen molar-refractivity contribution in [2.45, 2.75) is 19.5 Å². The van der Waals surface area contributed by atoms with Crippen molar-refractivity contribution in [3.8, 4) is 0 Å². The van der Waals surface area contributed by atoms with E-state index in [1.165, 1.54) is 11.3 Å². The van der Waals surface area contributed by atoms with Crippen LogP contribution < -0.4 is 5.73 Å². The fraction of sp³-hybridized carbons (Fsp3) is 0.286. The summed E-state index contributed by atoms with van der Waals surface area (Å²) >= 11 is 7.38. The number of thiazole rings is 1. The number of nitrogens with zero attached hydrogens (tertiary/aromatic N) is 2. The molecule has 0 aliphatic heterocycles. The van der Waals surface area contributed by atoms with Crippen LogP contribution in [0.2, 0.25) is 5.02 Å². The highest BCUT2D eigenvalue weighted by molar-refractivity contribution is 7.09. The Kier molecular flexibility index (Phi) is 6.61. The predicted octanol–water partition coefficient (Wildman–Crippen LogP) is 3.51. The van der Waals surface area contributed by atoms with E-state index in [4.69, 9.17) is 17.3 Å². The number of aromatic nitrogens is 1. The van der Waals surface area contributed by atoms with Crippen LogP contribution in [0.25, 0.3) is 0 Å². The number of benzene rings is 1. The van der Waals surface area contributed by atoms with E-state index < -0.39 is 0 Å². The zero-order valence-corrected chi connectivity index (χ0v) is 14.1. The van der Waals surface area contributed by atoms with E-state index in [1.54, 1.807) is 17.3 Å². The molecular weight excluding hydrogens is 329 g/mol. The second-order valence-electron chi connectivity index (χ2n) is 4.48. The Morgan fingerprint density at radius 1 is 1.52 bits per heavy atom. The van der Waals surface area contributed by atoms with Gasteiger partial charge in [0.1, 0.15) is 10.7 Å². The Morgan fingerprint density at radius 2 is 2.24 bits per heavy atom. The van der Waals surface area contributed by atoms with Gasteiger partial charge in [-0.3, -0.25) is 4.79 Å². The monoisotopic (exact) mass is 345 g/mol. The van der Waals surface area contributed by atoms with Gasteiger partial charge in [0.15, 0.2) is 0 Å². The normalized spacial score (nSPS) is 11.6. The van der Waals surface area contributed by atoms with Crippen molar-refractivity contribution in [2.75, 3.05) is 7.05 Å². The number of carbonyl (C=O) groups excluding carboxylic acids is 1. The molecule has 1 amide bonds. The van der Waals surface area contributed by atoms with Gasteiger partial charge in [-0.05, 0) is 24.6 Å². The summed E-state index contributed by atoms with van der Waals surface area (Å²) in [5.41, 5.74) is 6.94. The number of halogens is 2. The fourth-order valence-corrected chi connectivity index (χ4v) is 2.70. The summed E-state index contributed by atoms with van der Waals surface area (Å²) in [5, 5.41) is 3.16. The van der Waals surface area contributed by atoms with Gasteiger partial charge in [0, 0.05) is 24.0 Å². The molecule has 0 aliphatic carbocycles. The Hall–Kier alpha value is -1.14. The van der Waals surface area contributed by atoms with E-state index in [-0.39, 0.29) is 24.4 Å². The van der Waals surface area contributed by atoms with Crippen LogP contribution in [0.1, 0.15) is 34.0 Å². The van der Waals surface area contributed by atoms with Crippen molar-refractivity contribution in [3.05, 3.63) is 50.9 Å². The van der Waals surface area contributed by atoms with Gasteiger partial charge in [-0.1, -0.05) is 23.7 Å². The van der Waals surface area contributed by atoms with Crippen LogP contribution in [0.3, 0.4) is 0 Å². The third-order valence-electron chi connectivity index (χ3n) is 3.18. The molecule has 1 atom stereocenters.